The molecule has 0 aliphatic heterocycles. The number of para-hydroxylation sites is 1. The SMILES string of the molecule is C=CC(=O)OC(C=C)Oc1ccccc1C(=O)c1ccccc1. The molecule has 2 aromatic rings. The zero-order chi connectivity index (χ0) is 16.7. The van der Waals surface area contributed by atoms with Gasteiger partial charge in [0.15, 0.2) is 5.78 Å². The molecular weight excluding hydrogens is 292 g/mol. The molecule has 4 nitrogen and oxygen atoms in total. The van der Waals surface area contributed by atoms with Crippen molar-refractivity contribution in [3.8, 4) is 5.75 Å². The highest BCUT2D eigenvalue weighted by atomic mass is 16.7. The van der Waals surface area contributed by atoms with Gasteiger partial charge in [0.25, 0.3) is 6.29 Å². The van der Waals surface area contributed by atoms with Gasteiger partial charge in [0.1, 0.15) is 5.75 Å². The van der Waals surface area contributed by atoms with Crippen molar-refractivity contribution in [2.45, 2.75) is 6.29 Å². The highest BCUT2D eigenvalue weighted by molar-refractivity contribution is 6.10. The predicted molar refractivity (Wildman–Crippen MR) is 87.2 cm³/mol. The molecule has 0 amide bonds. The van der Waals surface area contributed by atoms with Gasteiger partial charge < -0.3 is 9.47 Å². The van der Waals surface area contributed by atoms with Crippen molar-refractivity contribution in [2.24, 2.45) is 0 Å². The number of carbonyl (C=O) groups is 2. The van der Waals surface area contributed by atoms with Crippen molar-refractivity contribution in [2.75, 3.05) is 0 Å². The van der Waals surface area contributed by atoms with Gasteiger partial charge in [-0.05, 0) is 18.2 Å². The zero-order valence-electron chi connectivity index (χ0n) is 12.5. The van der Waals surface area contributed by atoms with E-state index < -0.39 is 12.3 Å². The van der Waals surface area contributed by atoms with Gasteiger partial charge in [-0.15, -0.1) is 0 Å². The van der Waals surface area contributed by atoms with Crippen molar-refractivity contribution in [3.05, 3.63) is 91.0 Å². The largest absolute Gasteiger partial charge is 0.450 e. The average molecular weight is 308 g/mol. The minimum absolute atomic E-state index is 0.181. The summed E-state index contributed by atoms with van der Waals surface area (Å²) in [5.41, 5.74) is 0.919. The summed E-state index contributed by atoms with van der Waals surface area (Å²) in [5.74, 6) is -0.510. The molecule has 0 N–H and O–H groups in total. The van der Waals surface area contributed by atoms with Gasteiger partial charge >= 0.3 is 5.97 Å². The predicted octanol–water partition coefficient (Wildman–Crippen LogP) is 3.54. The van der Waals surface area contributed by atoms with Gasteiger partial charge in [-0.3, -0.25) is 4.79 Å². The lowest BCUT2D eigenvalue weighted by Gasteiger charge is -2.17. The first kappa shape index (κ1) is 16.2. The van der Waals surface area contributed by atoms with E-state index in [2.05, 4.69) is 13.2 Å². The van der Waals surface area contributed by atoms with E-state index in [1.807, 2.05) is 6.07 Å². The summed E-state index contributed by atoms with van der Waals surface area (Å²) in [6.45, 7) is 6.88. The Labute approximate surface area is 134 Å². The fraction of sp³-hybridized carbons (Fsp3) is 0.0526. The number of ether oxygens (including phenoxy) is 2. The van der Waals surface area contributed by atoms with Gasteiger partial charge in [-0.2, -0.15) is 0 Å². The number of rotatable bonds is 7. The summed E-state index contributed by atoms with van der Waals surface area (Å²) < 4.78 is 10.6. The lowest BCUT2D eigenvalue weighted by molar-refractivity contribution is -0.151. The molecule has 1 unspecified atom stereocenters. The maximum Gasteiger partial charge on any atom is 0.333 e. The third-order valence-electron chi connectivity index (χ3n) is 3.00. The summed E-state index contributed by atoms with van der Waals surface area (Å²) >= 11 is 0. The molecule has 2 aromatic carbocycles. The molecule has 23 heavy (non-hydrogen) atoms. The first-order valence-corrected chi connectivity index (χ1v) is 6.96. The molecule has 0 heterocycles. The summed E-state index contributed by atoms with van der Waals surface area (Å²) in [5, 5.41) is 0. The molecule has 0 fully saturated rings. The standard InChI is InChI=1S/C19H16O4/c1-3-17(20)23-18(4-2)22-16-13-9-8-12-15(16)19(21)14-10-6-5-7-11-14/h3-13,18H,1-2H2. The van der Waals surface area contributed by atoms with Crippen molar-refractivity contribution in [3.63, 3.8) is 0 Å². The third-order valence-corrected chi connectivity index (χ3v) is 3.00. The number of esters is 1. The molecular formula is C19H16O4. The number of carbonyl (C=O) groups excluding carboxylic acids is 2. The lowest BCUT2D eigenvalue weighted by atomic mass is 10.0. The van der Waals surface area contributed by atoms with Crippen LogP contribution in [-0.4, -0.2) is 18.0 Å². The summed E-state index contributed by atoms with van der Waals surface area (Å²) in [6, 6.07) is 15.6. The maximum atomic E-state index is 12.6. The number of hydrogen-bond donors (Lipinski definition) is 0. The topological polar surface area (TPSA) is 52.6 Å². The summed E-state index contributed by atoms with van der Waals surface area (Å²) in [6.07, 6.45) is 1.34. The van der Waals surface area contributed by atoms with Crippen molar-refractivity contribution in [1.29, 1.82) is 0 Å². The summed E-state index contributed by atoms with van der Waals surface area (Å²) in [7, 11) is 0. The fourth-order valence-electron chi connectivity index (χ4n) is 1.91. The second kappa shape index (κ2) is 7.75. The van der Waals surface area contributed by atoms with Gasteiger partial charge in [0, 0.05) is 11.6 Å². The molecule has 0 aliphatic carbocycles. The van der Waals surface area contributed by atoms with Crippen LogP contribution in [0.5, 0.6) is 5.75 Å². The fourth-order valence-corrected chi connectivity index (χ4v) is 1.91. The molecule has 0 bridgehead atoms. The van der Waals surface area contributed by atoms with E-state index in [0.29, 0.717) is 16.9 Å². The van der Waals surface area contributed by atoms with Crippen LogP contribution in [0.3, 0.4) is 0 Å². The third kappa shape index (κ3) is 4.17. The molecule has 0 aliphatic rings. The van der Waals surface area contributed by atoms with E-state index >= 15 is 0 Å². The monoisotopic (exact) mass is 308 g/mol. The van der Waals surface area contributed by atoms with Crippen molar-refractivity contribution in [1.82, 2.24) is 0 Å². The van der Waals surface area contributed by atoms with Crippen LogP contribution >= 0.6 is 0 Å². The number of ketones is 1. The van der Waals surface area contributed by atoms with Crippen LogP contribution in [0.4, 0.5) is 0 Å². The van der Waals surface area contributed by atoms with Crippen LogP contribution in [-0.2, 0) is 9.53 Å². The maximum absolute atomic E-state index is 12.6. The molecule has 0 saturated carbocycles. The second-order valence-corrected chi connectivity index (χ2v) is 4.55. The van der Waals surface area contributed by atoms with E-state index in [-0.39, 0.29) is 5.78 Å². The van der Waals surface area contributed by atoms with E-state index in [4.69, 9.17) is 9.47 Å². The molecule has 4 heteroatoms. The minimum Gasteiger partial charge on any atom is -0.450 e. The Hall–Kier alpha value is -3.14. The second-order valence-electron chi connectivity index (χ2n) is 4.55. The average Bonchev–Trinajstić information content (AvgIpc) is 2.61. The van der Waals surface area contributed by atoms with Crippen LogP contribution in [0.2, 0.25) is 0 Å². The van der Waals surface area contributed by atoms with Crippen LogP contribution in [0.1, 0.15) is 15.9 Å². The minimum atomic E-state index is -1.01. The lowest BCUT2D eigenvalue weighted by Crippen LogP contribution is -2.22. The Bertz CT molecular complexity index is 719. The Morgan fingerprint density at radius 1 is 0.957 bits per heavy atom. The number of hydrogen-bond acceptors (Lipinski definition) is 4. The molecule has 0 aromatic heterocycles. The highest BCUT2D eigenvalue weighted by Gasteiger charge is 2.17. The molecule has 0 saturated heterocycles. The molecule has 116 valence electrons. The van der Waals surface area contributed by atoms with Crippen molar-refractivity contribution < 1.29 is 19.1 Å². The van der Waals surface area contributed by atoms with Gasteiger partial charge in [-0.25, -0.2) is 4.79 Å². The van der Waals surface area contributed by atoms with E-state index in [0.717, 1.165) is 6.08 Å². The first-order chi connectivity index (χ1) is 11.2. The summed E-state index contributed by atoms with van der Waals surface area (Å²) in [4.78, 5) is 23.9. The Morgan fingerprint density at radius 3 is 2.26 bits per heavy atom. The zero-order valence-corrected chi connectivity index (χ0v) is 12.5. The normalized spacial score (nSPS) is 11.1. The molecule has 2 rings (SSSR count). The molecule has 1 atom stereocenters. The van der Waals surface area contributed by atoms with Crippen LogP contribution in [0.15, 0.2) is 79.9 Å². The Kier molecular flexibility index (Phi) is 5.47. The molecule has 0 spiro atoms. The van der Waals surface area contributed by atoms with E-state index in [1.165, 1.54) is 6.08 Å². The van der Waals surface area contributed by atoms with Crippen LogP contribution in [0.25, 0.3) is 0 Å². The number of benzene rings is 2. The van der Waals surface area contributed by atoms with E-state index in [1.54, 1.807) is 48.5 Å². The Morgan fingerprint density at radius 2 is 1.61 bits per heavy atom. The quantitative estimate of drug-likeness (QED) is 0.258. The van der Waals surface area contributed by atoms with Crippen LogP contribution in [0, 0.1) is 0 Å². The first-order valence-electron chi connectivity index (χ1n) is 6.96. The van der Waals surface area contributed by atoms with Gasteiger partial charge in [0.2, 0.25) is 0 Å². The van der Waals surface area contributed by atoms with Crippen LogP contribution < -0.4 is 4.74 Å². The smallest absolute Gasteiger partial charge is 0.333 e. The van der Waals surface area contributed by atoms with Crippen molar-refractivity contribution >= 4 is 11.8 Å². The molecule has 0 radical (unpaired) electrons. The van der Waals surface area contributed by atoms with Gasteiger partial charge in [0.05, 0.1) is 5.56 Å². The van der Waals surface area contributed by atoms with E-state index in [9.17, 15) is 9.59 Å². The van der Waals surface area contributed by atoms with Gasteiger partial charge in [-0.1, -0.05) is 55.6 Å². The Balaban J connectivity index is 2.27. The highest BCUT2D eigenvalue weighted by Crippen LogP contribution is 2.23.